The molecule has 1 aliphatic rings. The Hall–Kier alpha value is -1.60. The smallest absolute Gasteiger partial charge is 0.317 e. The summed E-state index contributed by atoms with van der Waals surface area (Å²) < 4.78 is 25.6. The zero-order valence-corrected chi connectivity index (χ0v) is 11.5. The van der Waals surface area contributed by atoms with Crippen LogP contribution in [0.5, 0.6) is 0 Å². The quantitative estimate of drug-likeness (QED) is 0.845. The average molecular weight is 283 g/mol. The Kier molecular flexibility index (Phi) is 4.06. The minimum atomic E-state index is -3.44. The highest BCUT2D eigenvalue weighted by molar-refractivity contribution is 7.89. The van der Waals surface area contributed by atoms with Gasteiger partial charge in [-0.05, 0) is 31.2 Å². The maximum Gasteiger partial charge on any atom is 0.317 e. The fourth-order valence-electron chi connectivity index (χ4n) is 1.75. The van der Waals surface area contributed by atoms with Crippen molar-refractivity contribution in [2.24, 2.45) is 0 Å². The maximum absolute atomic E-state index is 11.6. The molecule has 19 heavy (non-hydrogen) atoms. The molecule has 1 aliphatic heterocycles. The number of urea groups is 1. The van der Waals surface area contributed by atoms with E-state index in [9.17, 15) is 13.2 Å². The van der Waals surface area contributed by atoms with Gasteiger partial charge in [0.2, 0.25) is 10.0 Å². The van der Waals surface area contributed by atoms with Crippen molar-refractivity contribution >= 4 is 16.1 Å². The molecule has 1 aromatic carbocycles. The summed E-state index contributed by atoms with van der Waals surface area (Å²) in [5, 5.41) is 2.77. The van der Waals surface area contributed by atoms with Gasteiger partial charge in [0.1, 0.15) is 0 Å². The van der Waals surface area contributed by atoms with Crippen LogP contribution in [0.2, 0.25) is 0 Å². The summed E-state index contributed by atoms with van der Waals surface area (Å²) >= 11 is 0. The lowest BCUT2D eigenvalue weighted by atomic mass is 10.2. The molecule has 1 aromatic rings. The summed E-state index contributed by atoms with van der Waals surface area (Å²) in [6, 6.07) is 6.42. The summed E-state index contributed by atoms with van der Waals surface area (Å²) in [6.07, 6.45) is 1.04. The molecule has 0 unspecified atom stereocenters. The number of amides is 2. The van der Waals surface area contributed by atoms with Gasteiger partial charge in [0.25, 0.3) is 0 Å². The highest BCUT2D eigenvalue weighted by Gasteiger charge is 2.19. The third kappa shape index (κ3) is 3.24. The molecule has 1 heterocycles. The SMILES string of the molecule is CNS(=O)(=O)c1cccc(CNC(=O)N2CCC2)c1. The zero-order chi connectivity index (χ0) is 13.9. The number of hydrogen-bond acceptors (Lipinski definition) is 3. The summed E-state index contributed by atoms with van der Waals surface area (Å²) in [5.74, 6) is 0. The van der Waals surface area contributed by atoms with Gasteiger partial charge in [0.05, 0.1) is 4.90 Å². The lowest BCUT2D eigenvalue weighted by Crippen LogP contribution is -2.47. The van der Waals surface area contributed by atoms with Gasteiger partial charge in [-0.2, -0.15) is 0 Å². The van der Waals surface area contributed by atoms with Crippen LogP contribution in [-0.2, 0) is 16.6 Å². The van der Waals surface area contributed by atoms with Crippen molar-refractivity contribution < 1.29 is 13.2 Å². The molecule has 1 fully saturated rings. The molecule has 0 saturated carbocycles. The van der Waals surface area contributed by atoms with Crippen LogP contribution in [0, 0.1) is 0 Å². The van der Waals surface area contributed by atoms with E-state index in [4.69, 9.17) is 0 Å². The van der Waals surface area contributed by atoms with Crippen LogP contribution in [0.3, 0.4) is 0 Å². The lowest BCUT2D eigenvalue weighted by Gasteiger charge is -2.30. The van der Waals surface area contributed by atoms with Gasteiger partial charge in [0, 0.05) is 19.6 Å². The normalized spacial score (nSPS) is 14.9. The molecule has 7 heteroatoms. The van der Waals surface area contributed by atoms with Crippen molar-refractivity contribution in [1.82, 2.24) is 14.9 Å². The topological polar surface area (TPSA) is 78.5 Å². The summed E-state index contributed by atoms with van der Waals surface area (Å²) in [7, 11) is -2.07. The van der Waals surface area contributed by atoms with Gasteiger partial charge in [-0.3, -0.25) is 0 Å². The van der Waals surface area contributed by atoms with Crippen molar-refractivity contribution in [2.45, 2.75) is 17.9 Å². The van der Waals surface area contributed by atoms with E-state index in [-0.39, 0.29) is 10.9 Å². The number of carbonyl (C=O) groups is 1. The first kappa shape index (κ1) is 13.8. The number of rotatable bonds is 4. The van der Waals surface area contributed by atoms with Crippen LogP contribution in [0.1, 0.15) is 12.0 Å². The highest BCUT2D eigenvalue weighted by atomic mass is 32.2. The van der Waals surface area contributed by atoms with E-state index in [2.05, 4.69) is 10.0 Å². The summed E-state index contributed by atoms with van der Waals surface area (Å²) in [5.41, 5.74) is 0.755. The molecule has 1 saturated heterocycles. The second-order valence-corrected chi connectivity index (χ2v) is 6.24. The van der Waals surface area contributed by atoms with E-state index in [1.54, 1.807) is 23.1 Å². The van der Waals surface area contributed by atoms with Crippen LogP contribution in [-0.4, -0.2) is 39.5 Å². The second kappa shape index (κ2) is 5.58. The molecule has 0 bridgehead atoms. The Morgan fingerprint density at radius 1 is 1.37 bits per heavy atom. The van der Waals surface area contributed by atoms with Crippen molar-refractivity contribution in [3.63, 3.8) is 0 Å². The van der Waals surface area contributed by atoms with E-state index in [1.807, 2.05) is 0 Å². The van der Waals surface area contributed by atoms with Crippen LogP contribution in [0.25, 0.3) is 0 Å². The average Bonchev–Trinajstić information content (AvgIpc) is 2.35. The van der Waals surface area contributed by atoms with Crippen LogP contribution in [0.4, 0.5) is 4.79 Å². The van der Waals surface area contributed by atoms with E-state index in [0.29, 0.717) is 6.54 Å². The predicted molar refractivity (Wildman–Crippen MR) is 71.1 cm³/mol. The third-order valence-electron chi connectivity index (χ3n) is 3.06. The molecule has 2 N–H and O–H groups in total. The van der Waals surface area contributed by atoms with Gasteiger partial charge >= 0.3 is 6.03 Å². The third-order valence-corrected chi connectivity index (χ3v) is 4.48. The van der Waals surface area contributed by atoms with E-state index in [0.717, 1.165) is 25.1 Å². The van der Waals surface area contributed by atoms with Crippen LogP contribution >= 0.6 is 0 Å². The molecule has 0 aliphatic carbocycles. The maximum atomic E-state index is 11.6. The van der Waals surface area contributed by atoms with Crippen LogP contribution < -0.4 is 10.0 Å². The molecular weight excluding hydrogens is 266 g/mol. The second-order valence-electron chi connectivity index (χ2n) is 4.35. The number of nitrogens with one attached hydrogen (secondary N) is 2. The molecule has 0 aromatic heterocycles. The number of carbonyl (C=O) groups excluding carboxylic acids is 1. The molecule has 6 nitrogen and oxygen atoms in total. The largest absolute Gasteiger partial charge is 0.334 e. The standard InChI is InChI=1S/C12H17N3O3S/c1-13-19(17,18)11-5-2-4-10(8-11)9-14-12(16)15-6-3-7-15/h2,4-5,8,13H,3,6-7,9H2,1H3,(H,14,16). The van der Waals surface area contributed by atoms with E-state index in [1.165, 1.54) is 13.1 Å². The Labute approximate surface area is 112 Å². The van der Waals surface area contributed by atoms with Crippen molar-refractivity contribution in [2.75, 3.05) is 20.1 Å². The summed E-state index contributed by atoms with van der Waals surface area (Å²) in [6.45, 7) is 1.91. The highest BCUT2D eigenvalue weighted by Crippen LogP contribution is 2.11. The van der Waals surface area contributed by atoms with E-state index < -0.39 is 10.0 Å². The lowest BCUT2D eigenvalue weighted by molar-refractivity contribution is 0.167. The Balaban J connectivity index is 2.01. The van der Waals surface area contributed by atoms with Gasteiger partial charge in [-0.25, -0.2) is 17.9 Å². The van der Waals surface area contributed by atoms with E-state index >= 15 is 0 Å². The molecule has 2 amide bonds. The zero-order valence-electron chi connectivity index (χ0n) is 10.7. The monoisotopic (exact) mass is 283 g/mol. The van der Waals surface area contributed by atoms with Crippen molar-refractivity contribution in [1.29, 1.82) is 0 Å². The molecule has 0 atom stereocenters. The summed E-state index contributed by atoms with van der Waals surface area (Å²) in [4.78, 5) is 13.5. The Bertz CT molecular complexity index is 567. The fraction of sp³-hybridized carbons (Fsp3) is 0.417. The first-order chi connectivity index (χ1) is 9.03. The molecule has 0 spiro atoms. The first-order valence-corrected chi connectivity index (χ1v) is 7.56. The van der Waals surface area contributed by atoms with Gasteiger partial charge in [0.15, 0.2) is 0 Å². The number of sulfonamides is 1. The number of hydrogen-bond donors (Lipinski definition) is 2. The molecule has 104 valence electrons. The number of likely N-dealkylation sites (tertiary alicyclic amines) is 1. The van der Waals surface area contributed by atoms with Crippen LogP contribution in [0.15, 0.2) is 29.2 Å². The van der Waals surface area contributed by atoms with Crippen molar-refractivity contribution in [3.05, 3.63) is 29.8 Å². The van der Waals surface area contributed by atoms with Gasteiger partial charge in [-0.1, -0.05) is 12.1 Å². The minimum Gasteiger partial charge on any atom is -0.334 e. The Morgan fingerprint density at radius 3 is 2.68 bits per heavy atom. The van der Waals surface area contributed by atoms with Gasteiger partial charge < -0.3 is 10.2 Å². The molecule has 0 radical (unpaired) electrons. The Morgan fingerprint density at radius 2 is 2.11 bits per heavy atom. The predicted octanol–water partition coefficient (Wildman–Crippen LogP) is 0.510. The van der Waals surface area contributed by atoms with Gasteiger partial charge in [-0.15, -0.1) is 0 Å². The van der Waals surface area contributed by atoms with Crippen molar-refractivity contribution in [3.8, 4) is 0 Å². The fourth-order valence-corrected chi connectivity index (χ4v) is 2.55. The minimum absolute atomic E-state index is 0.104. The number of nitrogens with zero attached hydrogens (tertiary/aromatic N) is 1. The molecule has 2 rings (SSSR count). The first-order valence-electron chi connectivity index (χ1n) is 6.08. The molecular formula is C12H17N3O3S. The number of benzene rings is 1.